The first kappa shape index (κ1) is 13.4. The Morgan fingerprint density at radius 1 is 1.33 bits per heavy atom. The van der Waals surface area contributed by atoms with E-state index in [9.17, 15) is 8.78 Å². The van der Waals surface area contributed by atoms with Crippen molar-refractivity contribution in [1.82, 2.24) is 10.2 Å². The molecule has 100 valence electrons. The lowest BCUT2D eigenvalue weighted by Gasteiger charge is -2.42. The molecule has 0 amide bonds. The molecule has 0 aromatic heterocycles. The minimum atomic E-state index is -0.779. The highest BCUT2D eigenvalue weighted by Crippen LogP contribution is 2.25. The number of hydrogen-bond acceptors (Lipinski definition) is 2. The lowest BCUT2D eigenvalue weighted by molar-refractivity contribution is 0.103. The first-order chi connectivity index (χ1) is 8.63. The van der Waals surface area contributed by atoms with Gasteiger partial charge < -0.3 is 5.32 Å². The van der Waals surface area contributed by atoms with E-state index in [2.05, 4.69) is 24.1 Å². The minimum absolute atomic E-state index is 0.118. The van der Waals surface area contributed by atoms with Crippen LogP contribution in [0.4, 0.5) is 8.78 Å². The Hall–Kier alpha value is -1.00. The van der Waals surface area contributed by atoms with E-state index in [0.717, 1.165) is 31.6 Å². The van der Waals surface area contributed by atoms with Gasteiger partial charge in [0.2, 0.25) is 0 Å². The largest absolute Gasteiger partial charge is 0.314 e. The van der Waals surface area contributed by atoms with Crippen molar-refractivity contribution in [3.63, 3.8) is 0 Å². The Morgan fingerprint density at radius 2 is 2.06 bits per heavy atom. The zero-order valence-electron chi connectivity index (χ0n) is 10.9. The van der Waals surface area contributed by atoms with Gasteiger partial charge in [-0.2, -0.15) is 0 Å². The van der Waals surface area contributed by atoms with Crippen LogP contribution in [0.3, 0.4) is 0 Å². The molecule has 1 aliphatic heterocycles. The van der Waals surface area contributed by atoms with Crippen LogP contribution in [0.2, 0.25) is 0 Å². The van der Waals surface area contributed by atoms with Gasteiger partial charge in [-0.15, -0.1) is 0 Å². The Kier molecular flexibility index (Phi) is 4.30. The highest BCUT2D eigenvalue weighted by molar-refractivity contribution is 5.21. The summed E-state index contributed by atoms with van der Waals surface area (Å²) in [5.74, 6) is -1.54. The smallest absolute Gasteiger partial charge is 0.159 e. The molecule has 0 aliphatic carbocycles. The van der Waals surface area contributed by atoms with E-state index in [1.807, 2.05) is 0 Å². The fourth-order valence-electron chi connectivity index (χ4n) is 2.42. The van der Waals surface area contributed by atoms with Gasteiger partial charge in [-0.25, -0.2) is 8.78 Å². The zero-order chi connectivity index (χ0) is 13.1. The fraction of sp³-hybridized carbons (Fsp3) is 0.571. The minimum Gasteiger partial charge on any atom is -0.314 e. The standard InChI is InChI=1S/C14H20F2N2/c1-3-6-18(12-8-17-9-12)10(2)11-4-5-13(15)14(16)7-11/h4-5,7,10,12,17H,3,6,8-9H2,1-2H3. The molecular weight excluding hydrogens is 234 g/mol. The highest BCUT2D eigenvalue weighted by Gasteiger charge is 2.28. The molecular formula is C14H20F2N2. The summed E-state index contributed by atoms with van der Waals surface area (Å²) in [7, 11) is 0. The molecule has 0 spiro atoms. The first-order valence-electron chi connectivity index (χ1n) is 6.55. The van der Waals surface area contributed by atoms with Gasteiger partial charge in [-0.05, 0) is 37.6 Å². The second-order valence-electron chi connectivity index (χ2n) is 4.90. The maximum Gasteiger partial charge on any atom is 0.159 e. The van der Waals surface area contributed by atoms with Crippen molar-refractivity contribution in [2.24, 2.45) is 0 Å². The van der Waals surface area contributed by atoms with Crippen molar-refractivity contribution >= 4 is 0 Å². The lowest BCUT2D eigenvalue weighted by Crippen LogP contribution is -2.57. The van der Waals surface area contributed by atoms with Gasteiger partial charge in [0.05, 0.1) is 0 Å². The van der Waals surface area contributed by atoms with Crippen LogP contribution >= 0.6 is 0 Å². The molecule has 1 unspecified atom stereocenters. The lowest BCUT2D eigenvalue weighted by atomic mass is 10.0. The molecule has 1 aromatic rings. The van der Waals surface area contributed by atoms with Crippen molar-refractivity contribution in [3.8, 4) is 0 Å². The van der Waals surface area contributed by atoms with Gasteiger partial charge in [0, 0.05) is 25.2 Å². The van der Waals surface area contributed by atoms with E-state index < -0.39 is 11.6 Å². The maximum atomic E-state index is 13.3. The predicted molar refractivity (Wildman–Crippen MR) is 68.4 cm³/mol. The molecule has 1 fully saturated rings. The molecule has 0 saturated carbocycles. The number of benzene rings is 1. The summed E-state index contributed by atoms with van der Waals surface area (Å²) in [6.07, 6.45) is 1.06. The maximum absolute atomic E-state index is 13.3. The number of hydrogen-bond donors (Lipinski definition) is 1. The van der Waals surface area contributed by atoms with Crippen LogP contribution < -0.4 is 5.32 Å². The number of halogens is 2. The van der Waals surface area contributed by atoms with E-state index in [0.29, 0.717) is 6.04 Å². The van der Waals surface area contributed by atoms with Gasteiger partial charge in [-0.1, -0.05) is 13.0 Å². The Labute approximate surface area is 107 Å². The van der Waals surface area contributed by atoms with Gasteiger partial charge in [0.1, 0.15) is 0 Å². The number of rotatable bonds is 5. The second kappa shape index (κ2) is 5.76. The van der Waals surface area contributed by atoms with Crippen molar-refractivity contribution < 1.29 is 8.78 Å². The fourth-order valence-corrected chi connectivity index (χ4v) is 2.42. The summed E-state index contributed by atoms with van der Waals surface area (Å²) >= 11 is 0. The quantitative estimate of drug-likeness (QED) is 0.869. The van der Waals surface area contributed by atoms with Crippen LogP contribution in [0, 0.1) is 11.6 Å². The molecule has 2 rings (SSSR count). The average molecular weight is 254 g/mol. The predicted octanol–water partition coefficient (Wildman–Crippen LogP) is 2.71. The summed E-state index contributed by atoms with van der Waals surface area (Å²) in [6, 6.07) is 4.83. The summed E-state index contributed by atoms with van der Waals surface area (Å²) in [5, 5.41) is 3.25. The van der Waals surface area contributed by atoms with Crippen molar-refractivity contribution in [1.29, 1.82) is 0 Å². The van der Waals surface area contributed by atoms with E-state index in [-0.39, 0.29) is 6.04 Å². The third kappa shape index (κ3) is 2.70. The third-order valence-electron chi connectivity index (χ3n) is 3.63. The van der Waals surface area contributed by atoms with Crippen LogP contribution in [-0.2, 0) is 0 Å². The average Bonchev–Trinajstić information content (AvgIpc) is 2.29. The molecule has 1 N–H and O–H groups in total. The molecule has 1 aromatic carbocycles. The van der Waals surface area contributed by atoms with Crippen LogP contribution in [0.25, 0.3) is 0 Å². The molecule has 0 radical (unpaired) electrons. The van der Waals surface area contributed by atoms with Gasteiger partial charge in [0.15, 0.2) is 11.6 Å². The first-order valence-corrected chi connectivity index (χ1v) is 6.55. The van der Waals surface area contributed by atoms with Crippen molar-refractivity contribution in [2.75, 3.05) is 19.6 Å². The van der Waals surface area contributed by atoms with Crippen LogP contribution in [0.1, 0.15) is 31.9 Å². The van der Waals surface area contributed by atoms with E-state index in [4.69, 9.17) is 0 Å². The number of nitrogens with zero attached hydrogens (tertiary/aromatic N) is 1. The van der Waals surface area contributed by atoms with Crippen molar-refractivity contribution in [2.45, 2.75) is 32.4 Å². The molecule has 1 atom stereocenters. The Morgan fingerprint density at radius 3 is 2.56 bits per heavy atom. The van der Waals surface area contributed by atoms with E-state index in [1.54, 1.807) is 6.07 Å². The van der Waals surface area contributed by atoms with Gasteiger partial charge in [0.25, 0.3) is 0 Å². The van der Waals surface area contributed by atoms with Crippen molar-refractivity contribution in [3.05, 3.63) is 35.4 Å². The summed E-state index contributed by atoms with van der Waals surface area (Å²) < 4.78 is 26.2. The molecule has 0 bridgehead atoms. The Balaban J connectivity index is 2.15. The molecule has 4 heteroatoms. The molecule has 2 nitrogen and oxygen atoms in total. The third-order valence-corrected chi connectivity index (χ3v) is 3.63. The van der Waals surface area contributed by atoms with Gasteiger partial charge >= 0.3 is 0 Å². The Bertz CT molecular complexity index is 405. The second-order valence-corrected chi connectivity index (χ2v) is 4.90. The zero-order valence-corrected chi connectivity index (χ0v) is 10.9. The van der Waals surface area contributed by atoms with Crippen LogP contribution in [-0.4, -0.2) is 30.6 Å². The van der Waals surface area contributed by atoms with Gasteiger partial charge in [-0.3, -0.25) is 4.90 Å². The van der Waals surface area contributed by atoms with Crippen LogP contribution in [0.15, 0.2) is 18.2 Å². The normalized spacial score (nSPS) is 17.8. The van der Waals surface area contributed by atoms with E-state index >= 15 is 0 Å². The highest BCUT2D eigenvalue weighted by atomic mass is 19.2. The molecule has 18 heavy (non-hydrogen) atoms. The monoisotopic (exact) mass is 254 g/mol. The van der Waals surface area contributed by atoms with E-state index in [1.165, 1.54) is 12.1 Å². The summed E-state index contributed by atoms with van der Waals surface area (Å²) in [6.45, 7) is 7.13. The topological polar surface area (TPSA) is 15.3 Å². The van der Waals surface area contributed by atoms with Crippen LogP contribution in [0.5, 0.6) is 0 Å². The molecule has 1 saturated heterocycles. The SMILES string of the molecule is CCCN(C1CNC1)C(C)c1ccc(F)c(F)c1. The summed E-state index contributed by atoms with van der Waals surface area (Å²) in [5.41, 5.74) is 0.842. The summed E-state index contributed by atoms with van der Waals surface area (Å²) in [4.78, 5) is 2.36. The molecule has 1 aliphatic rings. The number of nitrogens with one attached hydrogen (secondary N) is 1. The molecule has 1 heterocycles.